The van der Waals surface area contributed by atoms with Crippen LogP contribution in [0.4, 0.5) is 4.79 Å². The lowest BCUT2D eigenvalue weighted by Gasteiger charge is -2.26. The summed E-state index contributed by atoms with van der Waals surface area (Å²) >= 11 is 0. The Morgan fingerprint density at radius 2 is 1.67 bits per heavy atom. The van der Waals surface area contributed by atoms with E-state index in [1.165, 1.54) is 0 Å². The number of ether oxygens (including phenoxy) is 2. The molecule has 0 spiro atoms. The van der Waals surface area contributed by atoms with Crippen LogP contribution in [0.15, 0.2) is 5.11 Å². The Kier molecular flexibility index (Phi) is 8.57. The first-order valence-electron chi connectivity index (χ1n) is 7.75. The quantitative estimate of drug-likeness (QED) is 0.317. The molecule has 0 aromatic rings. The van der Waals surface area contributed by atoms with E-state index in [9.17, 15) is 14.7 Å². The van der Waals surface area contributed by atoms with E-state index in [1.807, 2.05) is 0 Å². The molecule has 0 aliphatic carbocycles. The Balaban J connectivity index is 4.85. The van der Waals surface area contributed by atoms with Crippen molar-refractivity contribution in [3.05, 3.63) is 10.4 Å². The molecule has 0 saturated carbocycles. The highest BCUT2D eigenvalue weighted by molar-refractivity contribution is 5.81. The smallest absolute Gasteiger partial charge is 0.408 e. The standard InChI is InChI=1S/C15H28N4O5/c1-14(2,3)23-12(21)11(8-7-10(20)9-17-19-16)18-13(22)24-15(4,5)6/h10-11,20H,7-9H2,1-6H3,(H,18,22)/t10-,11+/m1/s1. The van der Waals surface area contributed by atoms with Crippen LogP contribution in [0, 0.1) is 0 Å². The minimum Gasteiger partial charge on any atom is -0.458 e. The lowest BCUT2D eigenvalue weighted by molar-refractivity contribution is -0.157. The topological polar surface area (TPSA) is 134 Å². The van der Waals surface area contributed by atoms with E-state index in [0.717, 1.165) is 0 Å². The molecule has 138 valence electrons. The maximum Gasteiger partial charge on any atom is 0.408 e. The number of amides is 1. The number of hydrogen-bond acceptors (Lipinski definition) is 6. The molecule has 0 heterocycles. The summed E-state index contributed by atoms with van der Waals surface area (Å²) in [5.41, 5.74) is 6.82. The molecular formula is C15H28N4O5. The van der Waals surface area contributed by atoms with Gasteiger partial charge in [0.2, 0.25) is 0 Å². The van der Waals surface area contributed by atoms with Crippen molar-refractivity contribution in [3.8, 4) is 0 Å². The van der Waals surface area contributed by atoms with Gasteiger partial charge in [0.1, 0.15) is 17.2 Å². The van der Waals surface area contributed by atoms with Crippen LogP contribution in [-0.2, 0) is 14.3 Å². The van der Waals surface area contributed by atoms with Gasteiger partial charge in [-0.05, 0) is 59.9 Å². The molecule has 0 unspecified atom stereocenters. The second kappa shape index (κ2) is 9.34. The van der Waals surface area contributed by atoms with Crippen molar-refractivity contribution in [2.75, 3.05) is 6.54 Å². The summed E-state index contributed by atoms with van der Waals surface area (Å²) in [6.45, 7) is 10.2. The second-order valence-electron chi connectivity index (χ2n) is 7.38. The van der Waals surface area contributed by atoms with E-state index in [1.54, 1.807) is 41.5 Å². The summed E-state index contributed by atoms with van der Waals surface area (Å²) in [5.74, 6) is -0.621. The lowest BCUT2D eigenvalue weighted by atomic mass is 10.1. The molecule has 0 saturated heterocycles. The summed E-state index contributed by atoms with van der Waals surface area (Å²) in [4.78, 5) is 26.7. The van der Waals surface area contributed by atoms with E-state index in [2.05, 4.69) is 15.3 Å². The normalized spacial score (nSPS) is 14.1. The minimum atomic E-state index is -0.972. The van der Waals surface area contributed by atoms with Crippen molar-refractivity contribution in [2.24, 2.45) is 5.11 Å². The number of alkyl carbamates (subject to hydrolysis) is 1. The second-order valence-corrected chi connectivity index (χ2v) is 7.38. The van der Waals surface area contributed by atoms with Crippen LogP contribution < -0.4 is 5.32 Å². The van der Waals surface area contributed by atoms with Crippen molar-refractivity contribution in [1.82, 2.24) is 5.32 Å². The molecule has 9 heteroatoms. The number of nitrogens with one attached hydrogen (secondary N) is 1. The van der Waals surface area contributed by atoms with Gasteiger partial charge >= 0.3 is 12.1 Å². The number of carbonyl (C=O) groups is 2. The van der Waals surface area contributed by atoms with Gasteiger partial charge in [-0.3, -0.25) is 0 Å². The Morgan fingerprint density at radius 1 is 1.12 bits per heavy atom. The van der Waals surface area contributed by atoms with Crippen molar-refractivity contribution < 1.29 is 24.2 Å². The number of rotatable bonds is 7. The number of aliphatic hydroxyl groups is 1. The fraction of sp³-hybridized carbons (Fsp3) is 0.867. The summed E-state index contributed by atoms with van der Waals surface area (Å²) in [5, 5.41) is 15.4. The molecule has 2 atom stereocenters. The molecule has 2 N–H and O–H groups in total. The molecule has 0 rings (SSSR count). The SMILES string of the molecule is CC(C)(C)OC(=O)N[C@@H](CC[C@@H](O)CN=[N+]=[N-])C(=O)OC(C)(C)C. The number of esters is 1. The number of azide groups is 1. The van der Waals surface area contributed by atoms with Gasteiger partial charge in [0.05, 0.1) is 12.6 Å². The summed E-state index contributed by atoms with van der Waals surface area (Å²) < 4.78 is 10.4. The Bertz CT molecular complexity index is 475. The maximum atomic E-state index is 12.2. The highest BCUT2D eigenvalue weighted by Crippen LogP contribution is 2.13. The maximum absolute atomic E-state index is 12.2. The van der Waals surface area contributed by atoms with Gasteiger partial charge in [-0.1, -0.05) is 5.11 Å². The Hall–Kier alpha value is -1.99. The largest absolute Gasteiger partial charge is 0.458 e. The van der Waals surface area contributed by atoms with Gasteiger partial charge in [0.25, 0.3) is 0 Å². The molecular weight excluding hydrogens is 316 g/mol. The van der Waals surface area contributed by atoms with E-state index >= 15 is 0 Å². The summed E-state index contributed by atoms with van der Waals surface area (Å²) in [6.07, 6.45) is -1.39. The van der Waals surface area contributed by atoms with Crippen molar-refractivity contribution in [3.63, 3.8) is 0 Å². The average molecular weight is 344 g/mol. The fourth-order valence-corrected chi connectivity index (χ4v) is 1.65. The van der Waals surface area contributed by atoms with Crippen molar-refractivity contribution in [1.29, 1.82) is 0 Å². The minimum absolute atomic E-state index is 0.107. The third kappa shape index (κ3) is 11.6. The van der Waals surface area contributed by atoms with Gasteiger partial charge in [-0.25, -0.2) is 9.59 Å². The zero-order valence-corrected chi connectivity index (χ0v) is 15.2. The first-order valence-corrected chi connectivity index (χ1v) is 7.75. The highest BCUT2D eigenvalue weighted by Gasteiger charge is 2.29. The molecule has 0 aliphatic heterocycles. The zero-order valence-electron chi connectivity index (χ0n) is 15.2. The molecule has 0 fully saturated rings. The third-order valence-corrected chi connectivity index (χ3v) is 2.53. The predicted molar refractivity (Wildman–Crippen MR) is 88.3 cm³/mol. The van der Waals surface area contributed by atoms with E-state index in [4.69, 9.17) is 15.0 Å². The average Bonchev–Trinajstić information content (AvgIpc) is 2.36. The van der Waals surface area contributed by atoms with Gasteiger partial charge in [0.15, 0.2) is 0 Å². The van der Waals surface area contributed by atoms with E-state index in [0.29, 0.717) is 0 Å². The molecule has 0 aromatic heterocycles. The van der Waals surface area contributed by atoms with Crippen LogP contribution in [0.1, 0.15) is 54.4 Å². The highest BCUT2D eigenvalue weighted by atomic mass is 16.6. The van der Waals surface area contributed by atoms with Crippen LogP contribution in [0.2, 0.25) is 0 Å². The predicted octanol–water partition coefficient (Wildman–Crippen LogP) is 2.67. The molecule has 0 aromatic carbocycles. The fourth-order valence-electron chi connectivity index (χ4n) is 1.65. The Labute approximate surface area is 142 Å². The molecule has 0 radical (unpaired) electrons. The van der Waals surface area contributed by atoms with Gasteiger partial charge in [0, 0.05) is 4.91 Å². The summed E-state index contributed by atoms with van der Waals surface area (Å²) in [7, 11) is 0. The van der Waals surface area contributed by atoms with Gasteiger partial charge < -0.3 is 19.9 Å². The van der Waals surface area contributed by atoms with Crippen LogP contribution >= 0.6 is 0 Å². The van der Waals surface area contributed by atoms with Crippen molar-refractivity contribution >= 4 is 12.1 Å². The van der Waals surface area contributed by atoms with Crippen LogP contribution in [-0.4, -0.2) is 47.1 Å². The van der Waals surface area contributed by atoms with Crippen LogP contribution in [0.25, 0.3) is 10.4 Å². The lowest BCUT2D eigenvalue weighted by Crippen LogP contribution is -2.46. The number of aliphatic hydroxyl groups excluding tert-OH is 1. The van der Waals surface area contributed by atoms with E-state index < -0.39 is 35.4 Å². The first-order chi connectivity index (χ1) is 10.8. The van der Waals surface area contributed by atoms with Crippen LogP contribution in [0.5, 0.6) is 0 Å². The van der Waals surface area contributed by atoms with E-state index in [-0.39, 0.29) is 19.4 Å². The monoisotopic (exact) mass is 344 g/mol. The summed E-state index contributed by atoms with van der Waals surface area (Å²) in [6, 6.07) is -0.972. The number of nitrogens with zero attached hydrogens (tertiary/aromatic N) is 3. The Morgan fingerprint density at radius 3 is 2.12 bits per heavy atom. The molecule has 0 bridgehead atoms. The number of carbonyl (C=O) groups excluding carboxylic acids is 2. The van der Waals surface area contributed by atoms with Crippen molar-refractivity contribution in [2.45, 2.75) is 77.7 Å². The van der Waals surface area contributed by atoms with Crippen LogP contribution in [0.3, 0.4) is 0 Å². The molecule has 0 aliphatic rings. The van der Waals surface area contributed by atoms with Gasteiger partial charge in [-0.2, -0.15) is 0 Å². The number of hydrogen-bond donors (Lipinski definition) is 2. The molecule has 24 heavy (non-hydrogen) atoms. The third-order valence-electron chi connectivity index (χ3n) is 2.53. The molecule has 1 amide bonds. The van der Waals surface area contributed by atoms with Gasteiger partial charge in [-0.15, -0.1) is 0 Å². The molecule has 9 nitrogen and oxygen atoms in total. The zero-order chi connectivity index (χ0) is 19.0. The first kappa shape index (κ1) is 22.0.